The Labute approximate surface area is 663 Å². The predicted molar refractivity (Wildman–Crippen MR) is 448 cm³/mol. The van der Waals surface area contributed by atoms with E-state index in [0.717, 1.165) is 56.6 Å². The van der Waals surface area contributed by atoms with Crippen LogP contribution in [0.4, 0.5) is 0 Å². The smallest absolute Gasteiger partial charge is 0.305 e. The molecule has 0 aromatic heterocycles. The van der Waals surface area contributed by atoms with Crippen LogP contribution in [0.15, 0.2) is 125 Å². The van der Waals surface area contributed by atoms with Gasteiger partial charge in [-0.25, -0.2) is 0 Å². The van der Waals surface area contributed by atoms with Gasteiger partial charge in [0.25, 0.3) is 0 Å². The zero-order valence-corrected chi connectivity index (χ0v) is 77.6. The molecule has 4 rings (SSSR count). The van der Waals surface area contributed by atoms with Gasteiger partial charge in [0.2, 0.25) is 0 Å². The number of halogens is 1. The molecule has 107 heavy (non-hydrogen) atoms. The Hall–Kier alpha value is -3.79. The molecule has 16 nitrogen and oxygen atoms in total. The van der Waals surface area contributed by atoms with Crippen molar-refractivity contribution in [1.29, 1.82) is 0 Å². The zero-order chi connectivity index (χ0) is 80.4. The van der Waals surface area contributed by atoms with Crippen LogP contribution in [0.25, 0.3) is 0 Å². The van der Waals surface area contributed by atoms with E-state index in [2.05, 4.69) is 202 Å². The predicted octanol–water partition coefficient (Wildman–Crippen LogP) is 20.6. The van der Waals surface area contributed by atoms with E-state index in [1.54, 1.807) is 28.4 Å². The first-order valence-corrected chi connectivity index (χ1v) is 55.5. The van der Waals surface area contributed by atoms with E-state index in [1.807, 2.05) is 74.5 Å². The summed E-state index contributed by atoms with van der Waals surface area (Å²) >= 11 is 1.26. The fourth-order valence-electron chi connectivity index (χ4n) is 11.7. The summed E-state index contributed by atoms with van der Waals surface area (Å²) in [6.07, 6.45) is 7.39. The van der Waals surface area contributed by atoms with E-state index in [9.17, 15) is 9.59 Å². The van der Waals surface area contributed by atoms with Crippen LogP contribution >= 0.6 is 15.9 Å². The van der Waals surface area contributed by atoms with Crippen LogP contribution in [0.1, 0.15) is 184 Å². The van der Waals surface area contributed by atoms with Crippen molar-refractivity contribution >= 4 is 66.5 Å². The summed E-state index contributed by atoms with van der Waals surface area (Å²) in [5.41, 5.74) is 5.66. The Bertz CT molecular complexity index is 3230. The minimum absolute atomic E-state index is 0.0231. The van der Waals surface area contributed by atoms with Crippen LogP contribution < -0.4 is 13.1 Å². The van der Waals surface area contributed by atoms with Gasteiger partial charge in [-0.1, -0.05) is 114 Å². The Kier molecular flexibility index (Phi) is 43.4. The Morgan fingerprint density at radius 2 is 0.869 bits per heavy atom. The number of ether oxygens (including phenoxy) is 12. The van der Waals surface area contributed by atoms with Crippen molar-refractivity contribution in [2.45, 2.75) is 274 Å². The van der Waals surface area contributed by atoms with Crippen LogP contribution in [0, 0.1) is 11.8 Å². The number of benzene rings is 4. The minimum Gasteiger partial charge on any atom is -0.497 e. The van der Waals surface area contributed by atoms with Gasteiger partial charge in [0.15, 0.2) is 8.32 Å². The molecule has 0 spiro atoms. The molecule has 0 saturated heterocycles. The average molecular weight is 1700 g/mol. The van der Waals surface area contributed by atoms with Gasteiger partial charge in [-0.05, 0) is 91.0 Å². The molecule has 0 bridgehead atoms. The molecule has 0 aliphatic carbocycles. The van der Waals surface area contributed by atoms with Gasteiger partial charge in [-0.2, -0.15) is 0 Å². The minimum atomic E-state index is -2.39. The molecule has 0 N–H and O–H groups in total. The van der Waals surface area contributed by atoms with E-state index in [-0.39, 0.29) is 71.9 Å². The zero-order valence-electron chi connectivity index (χ0n) is 71.1. The molecular weight excluding hydrogens is 1560 g/mol. The summed E-state index contributed by atoms with van der Waals surface area (Å²) in [5, 5.41) is -0.0499. The van der Waals surface area contributed by atoms with Gasteiger partial charge in [0.05, 0.1) is 72.7 Å². The van der Waals surface area contributed by atoms with E-state index in [0.29, 0.717) is 91.4 Å². The molecule has 4 aromatic carbocycles. The maximum absolute atomic E-state index is 13.2. The number of methoxy groups -OCH3 is 4. The molecule has 0 radical (unpaired) electrons. The summed E-state index contributed by atoms with van der Waals surface area (Å²) < 4.78 is 87.3. The average Bonchev–Trinajstić information content (AvgIpc) is 0.796. The molecule has 20 heteroatoms. The van der Waals surface area contributed by atoms with Crippen LogP contribution in [-0.4, -0.2) is 165 Å². The fraction of sp³-hybridized carbons (Fsp3) is 0.655. The first kappa shape index (κ1) is 97.4. The van der Waals surface area contributed by atoms with Crippen molar-refractivity contribution in [1.82, 2.24) is 0 Å². The Morgan fingerprint density at radius 3 is 1.20 bits per heavy atom. The third-order valence-corrected chi connectivity index (χ3v) is 36.8. The second-order valence-corrected chi connectivity index (χ2v) is 58.5. The van der Waals surface area contributed by atoms with Gasteiger partial charge in [-0.3, -0.25) is 4.79 Å². The van der Waals surface area contributed by atoms with E-state index in [1.165, 1.54) is 9.14 Å². The maximum atomic E-state index is 13.2. The normalized spacial score (nSPS) is 15.3. The van der Waals surface area contributed by atoms with Crippen molar-refractivity contribution in [3.8, 4) is 11.5 Å². The van der Waals surface area contributed by atoms with Gasteiger partial charge < -0.3 is 51.8 Å². The van der Waals surface area contributed by atoms with Gasteiger partial charge in [-0.15, -0.1) is 0 Å². The number of esters is 2. The van der Waals surface area contributed by atoms with Crippen molar-refractivity contribution in [3.63, 3.8) is 0 Å². The van der Waals surface area contributed by atoms with Gasteiger partial charge >= 0.3 is 245 Å². The number of carbonyl (C=O) groups excluding carboxylic acids is 2. The molecule has 8 atom stereocenters. The molecule has 0 unspecified atom stereocenters. The summed E-state index contributed by atoms with van der Waals surface area (Å²) in [6, 6.07) is 33.3. The van der Waals surface area contributed by atoms with Crippen LogP contribution in [0.3, 0.4) is 0 Å². The summed E-state index contributed by atoms with van der Waals surface area (Å²) in [7, 11) is 2.09. The number of hydrogen-bond acceptors (Lipinski definition) is 16. The summed E-state index contributed by atoms with van der Waals surface area (Å²) in [4.78, 5) is 33.5. The first-order valence-electron chi connectivity index (χ1n) is 38.9. The van der Waals surface area contributed by atoms with Crippen molar-refractivity contribution in [3.05, 3.63) is 147 Å². The summed E-state index contributed by atoms with van der Waals surface area (Å²) in [6.45, 7) is 48.2. The maximum Gasteiger partial charge on any atom is 0.305 e. The molecular formula is C87H143BrO16Si2Sn. The Morgan fingerprint density at radius 1 is 0.495 bits per heavy atom. The molecule has 0 fully saturated rings. The van der Waals surface area contributed by atoms with E-state index >= 15 is 0 Å². The molecule has 0 aliphatic rings. The number of carbonyl (C=O) groups is 2. The molecule has 0 saturated carbocycles. The first-order chi connectivity index (χ1) is 50.1. The van der Waals surface area contributed by atoms with Gasteiger partial charge in [0, 0.05) is 49.3 Å². The van der Waals surface area contributed by atoms with E-state index in [4.69, 9.17) is 65.7 Å². The molecule has 4 aromatic rings. The molecule has 606 valence electrons. The van der Waals surface area contributed by atoms with Crippen LogP contribution in [-0.2, 0) is 89.9 Å². The monoisotopic (exact) mass is 1700 g/mol. The second kappa shape index (κ2) is 47.7. The largest absolute Gasteiger partial charge is 0.497 e. The second-order valence-electron chi connectivity index (χ2n) is 33.6. The molecule has 0 heterocycles. The van der Waals surface area contributed by atoms with Crippen molar-refractivity contribution < 1.29 is 75.3 Å². The fourth-order valence-corrected chi connectivity index (χ4v) is 18.2. The van der Waals surface area contributed by atoms with Crippen molar-refractivity contribution in [2.24, 2.45) is 11.8 Å². The summed E-state index contributed by atoms with van der Waals surface area (Å²) in [5.74, 6) is 1.54. The SMILES string of the molecule is CCC(=O)O[C@@H](C[C@@H](C[C@H](OCc1ccc(OC)cc1)/C(C)=C\[C@@H](CC)COCOCCOC)O[Si](C)(C)C(C)(C)C)C(C)(C)c1ccc[c]([Sn]([CH3])([CH3])[CH3])c1.CCC(=O)O[C@@H](C[C@@H](C[C@H](OCc1ccc(OC)cc1)/C(C)=C\[C@@H](CC)COCOCCOC)O[Si](C)(C)C(C)(C)C)C(C)(C)c1cccc(Br)c1. The quantitative estimate of drug-likeness (QED) is 0.0135. The molecule has 0 aliphatic heterocycles. The van der Waals surface area contributed by atoms with Crippen LogP contribution in [0.2, 0.25) is 51.1 Å². The Balaban J connectivity index is 0.000000556. The number of hydrogen-bond donors (Lipinski definition) is 0. The van der Waals surface area contributed by atoms with E-state index < -0.39 is 58.0 Å². The van der Waals surface area contributed by atoms with Gasteiger partial charge in [0.1, 0.15) is 31.2 Å². The van der Waals surface area contributed by atoms with Crippen LogP contribution in [0.5, 0.6) is 11.5 Å². The topological polar surface area (TPSA) is 163 Å². The third kappa shape index (κ3) is 34.6. The standard InChI is InChI=1S/C42H67BrO8Si.C42H67O8Si.3CH3.Sn/c1-13-32(28-48-30-47-23-22-45-9)24-31(3)38(49-29-33-18-20-36(46-10)21-19-33)26-37(51-52(11,12)41(4,5)6)27-39(50-40(44)14-2)42(7,8)34-16-15-17-35(43)25-34;1-13-33(29-47-31-46-25-24-44-9)26-32(3)38(48-30-34-20-22-36(45-10)23-21-34)27-37(50-51(11,12)41(4,5)6)28-39(49-40(43)14-2)42(7,8)35-18-16-15-17-19-35;;;;/h15-21,24-25,32,37-39H,13-14,22-23,26-30H2,1-12H3;15-16,18-23,26,33,37-39H,13-14,24-25,27-31H2,1-12H3;3*1H3;/b31-24-;32-26-;;;;/t32-,37-,38+,39+;33-,37-,38+,39+;;;;/m11..../s1. The number of rotatable bonds is 49. The third-order valence-electron chi connectivity index (χ3n) is 21.4. The van der Waals surface area contributed by atoms with Crippen molar-refractivity contribution in [2.75, 3.05) is 81.7 Å². The molecule has 0 amide bonds.